The van der Waals surface area contributed by atoms with E-state index in [0.29, 0.717) is 5.75 Å². The largest absolute Gasteiger partial charge is 0.507 e. The molecule has 0 unspecified atom stereocenters. The summed E-state index contributed by atoms with van der Waals surface area (Å²) in [6.07, 6.45) is 0.986. The van der Waals surface area contributed by atoms with Gasteiger partial charge in [0.1, 0.15) is 17.2 Å². The number of H-pyrrole nitrogens is 1. The molecule has 0 fully saturated rings. The van der Waals surface area contributed by atoms with Gasteiger partial charge in [-0.1, -0.05) is 6.92 Å². The van der Waals surface area contributed by atoms with E-state index < -0.39 is 0 Å². The molecule has 2 N–H and O–H groups in total. The van der Waals surface area contributed by atoms with Crippen LogP contribution in [-0.2, 0) is 6.42 Å². The lowest BCUT2D eigenvalue weighted by Gasteiger charge is -2.14. The highest BCUT2D eigenvalue weighted by Gasteiger charge is 2.13. The van der Waals surface area contributed by atoms with Gasteiger partial charge >= 0.3 is 0 Å². The van der Waals surface area contributed by atoms with Gasteiger partial charge in [0.2, 0.25) is 0 Å². The minimum absolute atomic E-state index is 0.333. The van der Waals surface area contributed by atoms with Gasteiger partial charge in [0, 0.05) is 22.2 Å². The lowest BCUT2D eigenvalue weighted by Crippen LogP contribution is -1.93. The quantitative estimate of drug-likeness (QED) is 0.674. The van der Waals surface area contributed by atoms with E-state index in [4.69, 9.17) is 4.74 Å². The first-order valence-electron chi connectivity index (χ1n) is 8.00. The molecule has 2 aromatic carbocycles. The maximum absolute atomic E-state index is 9.92. The van der Waals surface area contributed by atoms with Gasteiger partial charge in [-0.3, -0.25) is 0 Å². The average Bonchev–Trinajstić information content (AvgIpc) is 2.92. The number of aromatic hydroxyl groups is 1. The molecule has 0 bridgehead atoms. The number of rotatable bonds is 3. The molecule has 3 heteroatoms. The number of hydrogen-bond donors (Lipinski definition) is 2. The number of hydrogen-bond acceptors (Lipinski definition) is 2. The Hall–Kier alpha value is -2.42. The smallest absolute Gasteiger partial charge is 0.133 e. The van der Waals surface area contributed by atoms with E-state index in [1.165, 1.54) is 11.1 Å². The van der Waals surface area contributed by atoms with Crippen molar-refractivity contribution in [2.45, 2.75) is 41.0 Å². The summed E-state index contributed by atoms with van der Waals surface area (Å²) in [6.45, 7) is 10.1. The molecule has 1 aromatic heterocycles. The molecule has 3 aromatic rings. The van der Waals surface area contributed by atoms with Gasteiger partial charge in [-0.25, -0.2) is 0 Å². The normalized spacial score (nSPS) is 11.2. The van der Waals surface area contributed by atoms with Crippen LogP contribution in [0.5, 0.6) is 17.2 Å². The SMILES string of the molecule is CCc1cc2c(C)c(Oc3cc(C)c(O)c(C)c3)c(C)cc2[nH]1. The van der Waals surface area contributed by atoms with Crippen molar-refractivity contribution in [1.82, 2.24) is 4.98 Å². The summed E-state index contributed by atoms with van der Waals surface area (Å²) in [5.41, 5.74) is 6.28. The molecule has 120 valence electrons. The second kappa shape index (κ2) is 5.65. The Morgan fingerprint density at radius 3 is 2.22 bits per heavy atom. The van der Waals surface area contributed by atoms with E-state index in [9.17, 15) is 5.11 Å². The van der Waals surface area contributed by atoms with Crippen molar-refractivity contribution in [2.24, 2.45) is 0 Å². The molecule has 0 spiro atoms. The molecule has 3 nitrogen and oxygen atoms in total. The average molecular weight is 309 g/mol. The highest BCUT2D eigenvalue weighted by Crippen LogP contribution is 2.36. The molecule has 0 saturated carbocycles. The number of ether oxygens (including phenoxy) is 1. The number of fused-ring (bicyclic) bond motifs is 1. The van der Waals surface area contributed by atoms with Crippen LogP contribution in [0.2, 0.25) is 0 Å². The third-order valence-corrected chi connectivity index (χ3v) is 4.43. The van der Waals surface area contributed by atoms with E-state index in [2.05, 4.69) is 37.9 Å². The van der Waals surface area contributed by atoms with Crippen LogP contribution in [0.1, 0.15) is 34.9 Å². The minimum Gasteiger partial charge on any atom is -0.507 e. The lowest BCUT2D eigenvalue weighted by atomic mass is 10.1. The van der Waals surface area contributed by atoms with Crippen molar-refractivity contribution in [3.05, 3.63) is 52.2 Å². The van der Waals surface area contributed by atoms with Gasteiger partial charge in [0.15, 0.2) is 0 Å². The zero-order chi connectivity index (χ0) is 16.7. The monoisotopic (exact) mass is 309 g/mol. The number of phenols is 1. The lowest BCUT2D eigenvalue weighted by molar-refractivity contribution is 0.454. The van der Waals surface area contributed by atoms with Crippen molar-refractivity contribution < 1.29 is 9.84 Å². The van der Waals surface area contributed by atoms with E-state index >= 15 is 0 Å². The number of aromatic nitrogens is 1. The Bertz CT molecular complexity index is 867. The van der Waals surface area contributed by atoms with Crippen LogP contribution < -0.4 is 4.74 Å². The predicted octanol–water partition coefficient (Wildman–Crippen LogP) is 5.46. The Balaban J connectivity index is 2.09. The fourth-order valence-electron chi connectivity index (χ4n) is 3.09. The summed E-state index contributed by atoms with van der Waals surface area (Å²) in [6, 6.07) is 8.08. The molecule has 0 amide bonds. The summed E-state index contributed by atoms with van der Waals surface area (Å²) in [7, 11) is 0. The van der Waals surface area contributed by atoms with Gasteiger partial charge in [0.25, 0.3) is 0 Å². The highest BCUT2D eigenvalue weighted by atomic mass is 16.5. The van der Waals surface area contributed by atoms with Crippen molar-refractivity contribution in [2.75, 3.05) is 0 Å². The molecule has 23 heavy (non-hydrogen) atoms. The summed E-state index contributed by atoms with van der Waals surface area (Å²) in [5, 5.41) is 11.1. The molecule has 3 rings (SSSR count). The van der Waals surface area contributed by atoms with Crippen molar-refractivity contribution in [3.63, 3.8) is 0 Å². The van der Waals surface area contributed by atoms with Crippen molar-refractivity contribution in [3.8, 4) is 17.2 Å². The summed E-state index contributed by atoms with van der Waals surface area (Å²) >= 11 is 0. The topological polar surface area (TPSA) is 45.2 Å². The molecule has 0 radical (unpaired) electrons. The van der Waals surface area contributed by atoms with E-state index in [-0.39, 0.29) is 0 Å². The zero-order valence-electron chi connectivity index (χ0n) is 14.4. The van der Waals surface area contributed by atoms with E-state index in [0.717, 1.165) is 45.7 Å². The zero-order valence-corrected chi connectivity index (χ0v) is 14.4. The molecular weight excluding hydrogens is 286 g/mol. The highest BCUT2D eigenvalue weighted by molar-refractivity contribution is 5.87. The Kier molecular flexibility index (Phi) is 3.80. The number of benzene rings is 2. The van der Waals surface area contributed by atoms with E-state index in [1.54, 1.807) is 0 Å². The number of aromatic amines is 1. The van der Waals surface area contributed by atoms with Gasteiger partial charge in [-0.05, 0) is 75.1 Å². The van der Waals surface area contributed by atoms with Gasteiger partial charge in [-0.2, -0.15) is 0 Å². The second-order valence-corrected chi connectivity index (χ2v) is 6.26. The third-order valence-electron chi connectivity index (χ3n) is 4.43. The van der Waals surface area contributed by atoms with Crippen molar-refractivity contribution >= 4 is 10.9 Å². The van der Waals surface area contributed by atoms with Crippen LogP contribution in [-0.4, -0.2) is 10.1 Å². The van der Waals surface area contributed by atoms with Crippen LogP contribution >= 0.6 is 0 Å². The molecule has 0 aliphatic carbocycles. The van der Waals surface area contributed by atoms with Crippen LogP contribution in [0.25, 0.3) is 10.9 Å². The van der Waals surface area contributed by atoms with E-state index in [1.807, 2.05) is 26.0 Å². The third kappa shape index (κ3) is 2.67. The second-order valence-electron chi connectivity index (χ2n) is 6.26. The van der Waals surface area contributed by atoms with Crippen molar-refractivity contribution in [1.29, 1.82) is 0 Å². The van der Waals surface area contributed by atoms with Gasteiger partial charge < -0.3 is 14.8 Å². The molecule has 0 atom stereocenters. The van der Waals surface area contributed by atoms with Crippen LogP contribution in [0.3, 0.4) is 0 Å². The van der Waals surface area contributed by atoms with Crippen LogP contribution in [0.15, 0.2) is 24.3 Å². The Morgan fingerprint density at radius 1 is 0.957 bits per heavy atom. The fraction of sp³-hybridized carbons (Fsp3) is 0.300. The first-order chi connectivity index (χ1) is 10.9. The molecule has 0 saturated heterocycles. The Morgan fingerprint density at radius 2 is 1.61 bits per heavy atom. The summed E-state index contributed by atoms with van der Waals surface area (Å²) in [4.78, 5) is 3.46. The van der Waals surface area contributed by atoms with Gasteiger partial charge in [-0.15, -0.1) is 0 Å². The number of nitrogens with one attached hydrogen (secondary N) is 1. The first kappa shape index (κ1) is 15.5. The summed E-state index contributed by atoms with van der Waals surface area (Å²) in [5.74, 6) is 1.98. The predicted molar refractivity (Wildman–Crippen MR) is 94.8 cm³/mol. The van der Waals surface area contributed by atoms with Gasteiger partial charge in [0.05, 0.1) is 0 Å². The molecule has 1 heterocycles. The first-order valence-corrected chi connectivity index (χ1v) is 8.00. The minimum atomic E-state index is 0.333. The fourth-order valence-corrected chi connectivity index (χ4v) is 3.09. The maximum atomic E-state index is 9.92. The molecule has 0 aliphatic heterocycles. The Labute approximate surface area is 136 Å². The van der Waals surface area contributed by atoms with Crippen LogP contribution in [0, 0.1) is 27.7 Å². The molecular formula is C20H23NO2. The standard InChI is InChI=1S/C20H23NO2/c1-6-15-10-17-14(5)20(13(4)9-18(17)21-15)23-16-7-11(2)19(22)12(3)8-16/h7-10,21-22H,6H2,1-5H3. The number of phenolic OH excluding ortho intramolecular Hbond substituents is 1. The molecule has 0 aliphatic rings. The maximum Gasteiger partial charge on any atom is 0.133 e. The summed E-state index contributed by atoms with van der Waals surface area (Å²) < 4.78 is 6.18. The van der Waals surface area contributed by atoms with Crippen LogP contribution in [0.4, 0.5) is 0 Å². The number of aryl methyl sites for hydroxylation is 5.